The lowest BCUT2D eigenvalue weighted by molar-refractivity contribution is -0.138. The summed E-state index contributed by atoms with van der Waals surface area (Å²) in [5, 5.41) is 0. The third-order valence-electron chi connectivity index (χ3n) is 6.77. The van der Waals surface area contributed by atoms with Crippen LogP contribution in [0.15, 0.2) is 60.7 Å². The number of carbonyl (C=O) groups is 1. The number of nitrogens with zero attached hydrogens (tertiary/aromatic N) is 2. The summed E-state index contributed by atoms with van der Waals surface area (Å²) in [6.45, 7) is 4.67. The molecule has 0 unspecified atom stereocenters. The minimum absolute atomic E-state index is 0.178. The zero-order valence-electron chi connectivity index (χ0n) is 18.3. The molecule has 31 heavy (non-hydrogen) atoms. The first-order chi connectivity index (χ1) is 15.2. The van der Waals surface area contributed by atoms with Gasteiger partial charge in [-0.15, -0.1) is 0 Å². The van der Waals surface area contributed by atoms with E-state index in [0.717, 1.165) is 64.8 Å². The number of hydrogen-bond acceptors (Lipinski definition) is 2. The molecule has 164 valence electrons. The number of carbonyl (C=O) groups excluding carboxylic acids is 1. The molecule has 0 N–H and O–H groups in total. The number of piperidine rings is 2. The van der Waals surface area contributed by atoms with Gasteiger partial charge in [0.05, 0.1) is 0 Å². The van der Waals surface area contributed by atoms with Crippen LogP contribution < -0.4 is 0 Å². The zero-order chi connectivity index (χ0) is 21.5. The standard InChI is InChI=1S/C27H33FN2O/c28-26-10-8-23(9-11-26)21-24-12-19-30(20-13-24)27(31)25-14-17-29(18-15-25)16-4-7-22-5-2-1-3-6-22/h1-11,24-25H,12-21H2. The molecule has 2 aromatic carbocycles. The normalized spacial score (nSPS) is 19.2. The molecule has 1 amide bonds. The maximum atomic E-state index is 13.1. The van der Waals surface area contributed by atoms with Crippen molar-refractivity contribution in [3.8, 4) is 0 Å². The fraction of sp³-hybridized carbons (Fsp3) is 0.444. The summed E-state index contributed by atoms with van der Waals surface area (Å²) < 4.78 is 13.1. The first-order valence-electron chi connectivity index (χ1n) is 11.6. The van der Waals surface area contributed by atoms with Crippen molar-refractivity contribution >= 4 is 12.0 Å². The van der Waals surface area contributed by atoms with Crippen molar-refractivity contribution in [1.29, 1.82) is 0 Å². The Morgan fingerprint density at radius 1 is 0.903 bits per heavy atom. The van der Waals surface area contributed by atoms with E-state index in [9.17, 15) is 9.18 Å². The average Bonchev–Trinajstić information content (AvgIpc) is 2.82. The SMILES string of the molecule is O=C(C1CCN(CC=Cc2ccccc2)CC1)N1CCC(Cc2ccc(F)cc2)CC1. The van der Waals surface area contributed by atoms with Crippen molar-refractivity contribution in [2.45, 2.75) is 32.1 Å². The first kappa shape index (κ1) is 21.8. The highest BCUT2D eigenvalue weighted by atomic mass is 19.1. The van der Waals surface area contributed by atoms with Gasteiger partial charge in [-0.1, -0.05) is 54.6 Å². The summed E-state index contributed by atoms with van der Waals surface area (Å²) >= 11 is 0. The van der Waals surface area contributed by atoms with E-state index in [4.69, 9.17) is 0 Å². The van der Waals surface area contributed by atoms with Gasteiger partial charge in [0.15, 0.2) is 0 Å². The first-order valence-corrected chi connectivity index (χ1v) is 11.6. The van der Waals surface area contributed by atoms with E-state index in [-0.39, 0.29) is 11.7 Å². The summed E-state index contributed by atoms with van der Waals surface area (Å²) in [5.41, 5.74) is 2.43. The van der Waals surface area contributed by atoms with Gasteiger partial charge in [0.25, 0.3) is 0 Å². The topological polar surface area (TPSA) is 23.6 Å². The zero-order valence-corrected chi connectivity index (χ0v) is 18.3. The van der Waals surface area contributed by atoms with E-state index >= 15 is 0 Å². The largest absolute Gasteiger partial charge is 0.342 e. The molecular weight excluding hydrogens is 387 g/mol. The Balaban J connectivity index is 1.17. The number of rotatable bonds is 6. The van der Waals surface area contributed by atoms with Crippen LogP contribution in [0.5, 0.6) is 0 Å². The third-order valence-corrected chi connectivity index (χ3v) is 6.77. The van der Waals surface area contributed by atoms with Crippen LogP contribution in [0.2, 0.25) is 0 Å². The van der Waals surface area contributed by atoms with Crippen molar-refractivity contribution in [2.24, 2.45) is 11.8 Å². The number of likely N-dealkylation sites (tertiary alicyclic amines) is 2. The van der Waals surface area contributed by atoms with Crippen LogP contribution in [0.4, 0.5) is 4.39 Å². The molecule has 2 fully saturated rings. The molecule has 4 heteroatoms. The monoisotopic (exact) mass is 420 g/mol. The molecule has 0 aliphatic carbocycles. The number of amides is 1. The number of halogens is 1. The molecule has 0 aromatic heterocycles. The molecule has 2 heterocycles. The second-order valence-corrected chi connectivity index (χ2v) is 8.99. The fourth-order valence-electron chi connectivity index (χ4n) is 4.83. The molecule has 2 aromatic rings. The lowest BCUT2D eigenvalue weighted by atomic mass is 9.88. The van der Waals surface area contributed by atoms with Crippen LogP contribution in [0.25, 0.3) is 6.08 Å². The summed E-state index contributed by atoms with van der Waals surface area (Å²) in [5.74, 6) is 0.956. The highest BCUT2D eigenvalue weighted by Crippen LogP contribution is 2.26. The Hall–Kier alpha value is -2.46. The molecule has 2 saturated heterocycles. The maximum absolute atomic E-state index is 13.1. The Morgan fingerprint density at radius 2 is 1.58 bits per heavy atom. The van der Waals surface area contributed by atoms with Gasteiger partial charge in [-0.3, -0.25) is 9.69 Å². The van der Waals surface area contributed by atoms with Crippen LogP contribution in [-0.2, 0) is 11.2 Å². The Labute approximate surface area is 185 Å². The number of benzene rings is 2. The lowest BCUT2D eigenvalue weighted by Crippen LogP contribution is -2.45. The molecular formula is C27H33FN2O. The van der Waals surface area contributed by atoms with E-state index in [1.807, 2.05) is 18.2 Å². The predicted octanol–water partition coefficient (Wildman–Crippen LogP) is 5.03. The molecule has 0 saturated carbocycles. The van der Waals surface area contributed by atoms with E-state index in [2.05, 4.69) is 46.2 Å². The van der Waals surface area contributed by atoms with E-state index in [0.29, 0.717) is 11.8 Å². The van der Waals surface area contributed by atoms with Gasteiger partial charge >= 0.3 is 0 Å². The highest BCUT2D eigenvalue weighted by Gasteiger charge is 2.30. The van der Waals surface area contributed by atoms with E-state index in [1.165, 1.54) is 23.3 Å². The second kappa shape index (κ2) is 10.7. The van der Waals surface area contributed by atoms with Crippen molar-refractivity contribution in [3.63, 3.8) is 0 Å². The molecule has 2 aliphatic heterocycles. The van der Waals surface area contributed by atoms with Crippen LogP contribution in [0.3, 0.4) is 0 Å². The summed E-state index contributed by atoms with van der Waals surface area (Å²) in [6, 6.07) is 17.2. The summed E-state index contributed by atoms with van der Waals surface area (Å²) in [7, 11) is 0. The van der Waals surface area contributed by atoms with Crippen molar-refractivity contribution in [2.75, 3.05) is 32.7 Å². The lowest BCUT2D eigenvalue weighted by Gasteiger charge is -2.37. The molecule has 4 rings (SSSR count). The predicted molar refractivity (Wildman–Crippen MR) is 124 cm³/mol. The molecule has 0 atom stereocenters. The van der Waals surface area contributed by atoms with E-state index in [1.54, 1.807) is 0 Å². The third kappa shape index (κ3) is 6.27. The van der Waals surface area contributed by atoms with Crippen LogP contribution in [0, 0.1) is 17.7 Å². The van der Waals surface area contributed by atoms with Crippen LogP contribution in [0.1, 0.15) is 36.8 Å². The highest BCUT2D eigenvalue weighted by molar-refractivity contribution is 5.79. The summed E-state index contributed by atoms with van der Waals surface area (Å²) in [4.78, 5) is 17.5. The average molecular weight is 421 g/mol. The second-order valence-electron chi connectivity index (χ2n) is 8.99. The van der Waals surface area contributed by atoms with Gasteiger partial charge in [-0.2, -0.15) is 0 Å². The van der Waals surface area contributed by atoms with Crippen LogP contribution >= 0.6 is 0 Å². The molecule has 2 aliphatic rings. The molecule has 0 radical (unpaired) electrons. The quantitative estimate of drug-likeness (QED) is 0.654. The number of hydrogen-bond donors (Lipinski definition) is 0. The minimum Gasteiger partial charge on any atom is -0.342 e. The van der Waals surface area contributed by atoms with Gasteiger partial charge < -0.3 is 4.90 Å². The molecule has 0 spiro atoms. The Bertz CT molecular complexity index is 849. The minimum atomic E-state index is -0.178. The maximum Gasteiger partial charge on any atom is 0.225 e. The Kier molecular flexibility index (Phi) is 7.52. The van der Waals surface area contributed by atoms with Gasteiger partial charge in [0, 0.05) is 25.6 Å². The molecule has 3 nitrogen and oxygen atoms in total. The fourth-order valence-corrected chi connectivity index (χ4v) is 4.83. The van der Waals surface area contributed by atoms with Crippen molar-refractivity contribution in [3.05, 3.63) is 77.6 Å². The molecule has 0 bridgehead atoms. The van der Waals surface area contributed by atoms with Gasteiger partial charge in [-0.05, 0) is 74.4 Å². The smallest absolute Gasteiger partial charge is 0.225 e. The van der Waals surface area contributed by atoms with Crippen molar-refractivity contribution in [1.82, 2.24) is 9.80 Å². The van der Waals surface area contributed by atoms with E-state index < -0.39 is 0 Å². The van der Waals surface area contributed by atoms with Gasteiger partial charge in [0.1, 0.15) is 5.82 Å². The summed E-state index contributed by atoms with van der Waals surface area (Å²) in [6.07, 6.45) is 9.41. The van der Waals surface area contributed by atoms with Crippen molar-refractivity contribution < 1.29 is 9.18 Å². The van der Waals surface area contributed by atoms with Crippen LogP contribution in [-0.4, -0.2) is 48.4 Å². The van der Waals surface area contributed by atoms with Gasteiger partial charge in [0.2, 0.25) is 5.91 Å². The van der Waals surface area contributed by atoms with Gasteiger partial charge in [-0.25, -0.2) is 4.39 Å². The Morgan fingerprint density at radius 3 is 2.26 bits per heavy atom.